The number of aryl methyl sites for hydroxylation is 1. The molecule has 0 aliphatic carbocycles. The second kappa shape index (κ2) is 7.31. The molecule has 0 bridgehead atoms. The summed E-state index contributed by atoms with van der Waals surface area (Å²) in [5, 5.41) is 6.13. The number of H-pyrrole nitrogens is 1. The standard InChI is InChI=1S/C13H19N3O2.ClH/c1-9-4-5-11(13(18)16-9)12(17)15-8-10-3-2-6-14-7-10;/h4-5,10,14H,2-3,6-8H2,1H3,(H,15,17)(H,16,18);1H. The number of amides is 1. The van der Waals surface area contributed by atoms with Crippen molar-refractivity contribution >= 4 is 18.3 Å². The Labute approximate surface area is 118 Å². The molecule has 1 atom stereocenters. The lowest BCUT2D eigenvalue weighted by Gasteiger charge is -2.22. The van der Waals surface area contributed by atoms with Crippen LogP contribution in [0.5, 0.6) is 0 Å². The molecule has 0 radical (unpaired) electrons. The zero-order valence-electron chi connectivity index (χ0n) is 11.0. The van der Waals surface area contributed by atoms with E-state index >= 15 is 0 Å². The highest BCUT2D eigenvalue weighted by atomic mass is 35.5. The number of pyridine rings is 1. The monoisotopic (exact) mass is 285 g/mol. The van der Waals surface area contributed by atoms with Crippen LogP contribution in [0.15, 0.2) is 16.9 Å². The number of hydrogen-bond donors (Lipinski definition) is 3. The van der Waals surface area contributed by atoms with Gasteiger partial charge in [-0.2, -0.15) is 0 Å². The molecule has 0 saturated carbocycles. The molecule has 6 heteroatoms. The van der Waals surface area contributed by atoms with Gasteiger partial charge < -0.3 is 15.6 Å². The molecule has 3 N–H and O–H groups in total. The Morgan fingerprint density at radius 3 is 2.89 bits per heavy atom. The summed E-state index contributed by atoms with van der Waals surface area (Å²) in [4.78, 5) is 26.1. The largest absolute Gasteiger partial charge is 0.352 e. The van der Waals surface area contributed by atoms with Crippen LogP contribution in [-0.2, 0) is 0 Å². The fraction of sp³-hybridized carbons (Fsp3) is 0.538. The second-order valence-corrected chi connectivity index (χ2v) is 4.81. The third kappa shape index (κ3) is 4.36. The number of rotatable bonds is 3. The van der Waals surface area contributed by atoms with E-state index in [1.165, 1.54) is 0 Å². The molecule has 19 heavy (non-hydrogen) atoms. The number of hydrogen-bond acceptors (Lipinski definition) is 3. The lowest BCUT2D eigenvalue weighted by Crippen LogP contribution is -2.39. The van der Waals surface area contributed by atoms with Gasteiger partial charge in [0, 0.05) is 12.2 Å². The Bertz CT molecular complexity index is 481. The van der Waals surface area contributed by atoms with Crippen LogP contribution in [0.3, 0.4) is 0 Å². The molecule has 1 amide bonds. The molecule has 5 nitrogen and oxygen atoms in total. The molecular formula is C13H20ClN3O2. The van der Waals surface area contributed by atoms with E-state index in [1.807, 2.05) is 0 Å². The molecule has 1 unspecified atom stereocenters. The van der Waals surface area contributed by atoms with Gasteiger partial charge in [-0.1, -0.05) is 0 Å². The molecule has 1 saturated heterocycles. The van der Waals surface area contributed by atoms with Crippen LogP contribution in [0.1, 0.15) is 28.9 Å². The van der Waals surface area contributed by atoms with Crippen molar-refractivity contribution in [3.8, 4) is 0 Å². The van der Waals surface area contributed by atoms with E-state index in [2.05, 4.69) is 15.6 Å². The summed E-state index contributed by atoms with van der Waals surface area (Å²) in [7, 11) is 0. The van der Waals surface area contributed by atoms with Gasteiger partial charge in [-0.25, -0.2) is 0 Å². The van der Waals surface area contributed by atoms with Crippen molar-refractivity contribution in [2.75, 3.05) is 19.6 Å². The summed E-state index contributed by atoms with van der Waals surface area (Å²) in [5.41, 5.74) is 0.617. The van der Waals surface area contributed by atoms with E-state index in [0.29, 0.717) is 12.5 Å². The number of aromatic nitrogens is 1. The fourth-order valence-electron chi connectivity index (χ4n) is 2.18. The maximum atomic E-state index is 11.9. The van der Waals surface area contributed by atoms with Crippen LogP contribution in [0.2, 0.25) is 0 Å². The van der Waals surface area contributed by atoms with Gasteiger partial charge in [0.15, 0.2) is 0 Å². The molecule has 2 heterocycles. The van der Waals surface area contributed by atoms with Gasteiger partial charge in [0.2, 0.25) is 0 Å². The van der Waals surface area contributed by atoms with Crippen molar-refractivity contribution in [1.29, 1.82) is 0 Å². The molecule has 0 spiro atoms. The summed E-state index contributed by atoms with van der Waals surface area (Å²) < 4.78 is 0. The Kier molecular flexibility index (Phi) is 6.05. The minimum atomic E-state index is -0.325. The molecule has 1 aliphatic rings. The summed E-state index contributed by atoms with van der Waals surface area (Å²) in [6, 6.07) is 3.31. The first-order chi connectivity index (χ1) is 8.66. The quantitative estimate of drug-likeness (QED) is 0.770. The van der Waals surface area contributed by atoms with Crippen molar-refractivity contribution in [3.63, 3.8) is 0 Å². The van der Waals surface area contributed by atoms with Crippen LogP contribution in [0.25, 0.3) is 0 Å². The number of piperidine rings is 1. The highest BCUT2D eigenvalue weighted by molar-refractivity contribution is 5.93. The summed E-state index contributed by atoms with van der Waals surface area (Å²) >= 11 is 0. The average Bonchev–Trinajstić information content (AvgIpc) is 2.37. The number of nitrogens with one attached hydrogen (secondary N) is 3. The lowest BCUT2D eigenvalue weighted by atomic mass is 10.00. The molecular weight excluding hydrogens is 266 g/mol. The van der Waals surface area contributed by atoms with Crippen molar-refractivity contribution in [2.24, 2.45) is 5.92 Å². The molecule has 106 valence electrons. The minimum absolute atomic E-state index is 0. The molecule has 1 aliphatic heterocycles. The number of carbonyl (C=O) groups is 1. The van der Waals surface area contributed by atoms with E-state index in [9.17, 15) is 9.59 Å². The second-order valence-electron chi connectivity index (χ2n) is 4.81. The predicted molar refractivity (Wildman–Crippen MR) is 77.0 cm³/mol. The van der Waals surface area contributed by atoms with Gasteiger partial charge in [-0.15, -0.1) is 12.4 Å². The van der Waals surface area contributed by atoms with Crippen molar-refractivity contribution in [3.05, 3.63) is 33.7 Å². The Balaban J connectivity index is 0.00000180. The van der Waals surface area contributed by atoms with Crippen molar-refractivity contribution < 1.29 is 4.79 Å². The van der Waals surface area contributed by atoms with Gasteiger partial charge >= 0.3 is 0 Å². The Morgan fingerprint density at radius 1 is 1.47 bits per heavy atom. The number of carbonyl (C=O) groups excluding carboxylic acids is 1. The van der Waals surface area contributed by atoms with Crippen LogP contribution < -0.4 is 16.2 Å². The zero-order chi connectivity index (χ0) is 13.0. The zero-order valence-corrected chi connectivity index (χ0v) is 11.8. The Hall–Kier alpha value is -1.33. The van der Waals surface area contributed by atoms with Gasteiger partial charge in [0.25, 0.3) is 11.5 Å². The predicted octanol–water partition coefficient (Wildman–Crippen LogP) is 0.835. The highest BCUT2D eigenvalue weighted by Gasteiger charge is 2.15. The maximum absolute atomic E-state index is 11.9. The van der Waals surface area contributed by atoms with E-state index in [1.54, 1.807) is 19.1 Å². The minimum Gasteiger partial charge on any atom is -0.352 e. The van der Waals surface area contributed by atoms with Gasteiger partial charge in [-0.05, 0) is 50.9 Å². The van der Waals surface area contributed by atoms with Crippen molar-refractivity contribution in [2.45, 2.75) is 19.8 Å². The van der Waals surface area contributed by atoms with Gasteiger partial charge in [0.1, 0.15) is 5.56 Å². The van der Waals surface area contributed by atoms with E-state index in [4.69, 9.17) is 0 Å². The first-order valence-corrected chi connectivity index (χ1v) is 6.35. The third-order valence-electron chi connectivity index (χ3n) is 3.25. The van der Waals surface area contributed by atoms with Crippen molar-refractivity contribution in [1.82, 2.24) is 15.6 Å². The summed E-state index contributed by atoms with van der Waals surface area (Å²) in [5.74, 6) is 0.175. The van der Waals surface area contributed by atoms with Crippen LogP contribution >= 0.6 is 12.4 Å². The van der Waals surface area contributed by atoms with Crippen LogP contribution in [0.4, 0.5) is 0 Å². The topological polar surface area (TPSA) is 74.0 Å². The lowest BCUT2D eigenvalue weighted by molar-refractivity contribution is 0.0943. The number of halogens is 1. The normalized spacial score (nSPS) is 18.5. The van der Waals surface area contributed by atoms with E-state index < -0.39 is 0 Å². The third-order valence-corrected chi connectivity index (χ3v) is 3.25. The molecule has 0 aromatic carbocycles. The van der Waals surface area contributed by atoms with Gasteiger partial charge in [0.05, 0.1) is 0 Å². The van der Waals surface area contributed by atoms with Crippen LogP contribution in [0, 0.1) is 12.8 Å². The number of aromatic amines is 1. The first kappa shape index (κ1) is 15.7. The smallest absolute Gasteiger partial charge is 0.260 e. The highest BCUT2D eigenvalue weighted by Crippen LogP contribution is 2.08. The fourth-order valence-corrected chi connectivity index (χ4v) is 2.18. The van der Waals surface area contributed by atoms with E-state index in [-0.39, 0.29) is 29.4 Å². The first-order valence-electron chi connectivity index (χ1n) is 6.35. The molecule has 1 aromatic rings. The Morgan fingerprint density at radius 2 is 2.26 bits per heavy atom. The van der Waals surface area contributed by atoms with E-state index in [0.717, 1.165) is 31.6 Å². The molecule has 2 rings (SSSR count). The average molecular weight is 286 g/mol. The summed E-state index contributed by atoms with van der Waals surface area (Å²) in [6.07, 6.45) is 2.27. The van der Waals surface area contributed by atoms with Gasteiger partial charge in [-0.3, -0.25) is 9.59 Å². The molecule has 1 aromatic heterocycles. The van der Waals surface area contributed by atoms with Crippen LogP contribution in [-0.4, -0.2) is 30.5 Å². The summed E-state index contributed by atoms with van der Waals surface area (Å²) in [6.45, 7) is 4.41. The maximum Gasteiger partial charge on any atom is 0.260 e. The molecule has 1 fully saturated rings. The SMILES string of the molecule is Cc1ccc(C(=O)NCC2CCCNC2)c(=O)[nH]1.Cl.